The summed E-state index contributed by atoms with van der Waals surface area (Å²) in [6.07, 6.45) is 0. The molecule has 84 valence electrons. The molecule has 0 amide bonds. The third-order valence-corrected chi connectivity index (χ3v) is 2.13. The van der Waals surface area contributed by atoms with E-state index in [2.05, 4.69) is 9.53 Å². The Balaban J connectivity index is 3.31. The minimum Gasteiger partial charge on any atom is -0.496 e. The van der Waals surface area contributed by atoms with E-state index >= 15 is 0 Å². The van der Waals surface area contributed by atoms with Gasteiger partial charge in [0.1, 0.15) is 11.3 Å². The highest BCUT2D eigenvalue weighted by Crippen LogP contribution is 2.23. The summed E-state index contributed by atoms with van der Waals surface area (Å²) in [5, 5.41) is 0.447. The Morgan fingerprint density at radius 3 is 2.62 bits per heavy atom. The Kier molecular flexibility index (Phi) is 4.05. The minimum atomic E-state index is -0.761. The molecule has 16 heavy (non-hydrogen) atoms. The van der Waals surface area contributed by atoms with Crippen molar-refractivity contribution in [3.05, 3.63) is 34.3 Å². The van der Waals surface area contributed by atoms with Gasteiger partial charge in [0.2, 0.25) is 0 Å². The van der Waals surface area contributed by atoms with Crippen LogP contribution in [-0.4, -0.2) is 30.7 Å². The van der Waals surface area contributed by atoms with Crippen molar-refractivity contribution < 1.29 is 19.1 Å². The quantitative estimate of drug-likeness (QED) is 0.348. The normalized spacial score (nSPS) is 9.19. The summed E-state index contributed by atoms with van der Waals surface area (Å²) in [4.78, 5) is 14.2. The average molecular weight is 241 g/mol. The maximum Gasteiger partial charge on any atom is 0.422 e. The number of carbonyl (C=O) groups is 1. The Hall–Kier alpha value is -1.84. The number of esters is 1. The molecule has 1 rings (SSSR count). The predicted octanol–water partition coefficient (Wildman–Crippen LogP) is 1.54. The highest BCUT2D eigenvalue weighted by atomic mass is 35.5. The molecular formula is C10H9ClN2O3. The van der Waals surface area contributed by atoms with Gasteiger partial charge in [0, 0.05) is 5.02 Å². The van der Waals surface area contributed by atoms with Crippen LogP contribution < -0.4 is 4.74 Å². The van der Waals surface area contributed by atoms with E-state index in [-0.39, 0.29) is 5.71 Å². The van der Waals surface area contributed by atoms with Crippen LogP contribution in [0.4, 0.5) is 0 Å². The van der Waals surface area contributed by atoms with Gasteiger partial charge in [-0.15, -0.1) is 0 Å². The van der Waals surface area contributed by atoms with Crippen LogP contribution in [0, 0.1) is 0 Å². The number of halogens is 1. The van der Waals surface area contributed by atoms with E-state index in [1.807, 2.05) is 0 Å². The van der Waals surface area contributed by atoms with Crippen LogP contribution in [-0.2, 0) is 9.53 Å². The van der Waals surface area contributed by atoms with E-state index in [1.165, 1.54) is 26.4 Å². The number of benzene rings is 1. The number of carbonyl (C=O) groups excluding carboxylic acids is 1. The summed E-state index contributed by atoms with van der Waals surface area (Å²) in [6, 6.07) is 4.56. The molecule has 0 N–H and O–H groups in total. The zero-order valence-corrected chi connectivity index (χ0v) is 9.49. The first-order valence-corrected chi connectivity index (χ1v) is 4.66. The molecule has 5 nitrogen and oxygen atoms in total. The van der Waals surface area contributed by atoms with Crippen molar-refractivity contribution in [3.63, 3.8) is 0 Å². The number of nitrogens with zero attached hydrogens (tertiary/aromatic N) is 2. The van der Waals surface area contributed by atoms with Crippen LogP contribution in [0.2, 0.25) is 5.02 Å². The van der Waals surface area contributed by atoms with Gasteiger partial charge in [-0.3, -0.25) is 0 Å². The SMILES string of the molecule is COC(=O)C(=[N+]=[N-])c1ccc(Cl)cc1OC. The highest BCUT2D eigenvalue weighted by Gasteiger charge is 2.27. The molecule has 0 saturated carbocycles. The molecule has 1 aromatic carbocycles. The van der Waals surface area contributed by atoms with E-state index in [0.717, 1.165) is 0 Å². The molecule has 1 aromatic rings. The number of ether oxygens (including phenoxy) is 2. The summed E-state index contributed by atoms with van der Waals surface area (Å²) in [5.74, 6) is -0.436. The standard InChI is InChI=1S/C10H9ClN2O3/c1-15-8-5-6(11)3-4-7(8)9(13-12)10(14)16-2/h3-5H,1-2H3. The topological polar surface area (TPSA) is 71.9 Å². The lowest BCUT2D eigenvalue weighted by molar-refractivity contribution is -0.137. The van der Waals surface area contributed by atoms with Crippen molar-refractivity contribution in [1.29, 1.82) is 0 Å². The molecule has 0 aliphatic carbocycles. The smallest absolute Gasteiger partial charge is 0.422 e. The first kappa shape index (κ1) is 12.2. The van der Waals surface area contributed by atoms with Crippen molar-refractivity contribution in [2.75, 3.05) is 14.2 Å². The van der Waals surface area contributed by atoms with Crippen LogP contribution in [0.1, 0.15) is 5.56 Å². The second kappa shape index (κ2) is 5.30. The summed E-state index contributed by atoms with van der Waals surface area (Å²) < 4.78 is 9.49. The number of rotatable bonds is 3. The number of hydrogen-bond acceptors (Lipinski definition) is 3. The summed E-state index contributed by atoms with van der Waals surface area (Å²) in [7, 11) is 2.61. The molecule has 6 heteroatoms. The summed E-state index contributed by atoms with van der Waals surface area (Å²) in [5.41, 5.74) is 8.84. The van der Waals surface area contributed by atoms with E-state index in [9.17, 15) is 4.79 Å². The molecule has 0 spiro atoms. The molecule has 0 aliphatic rings. The van der Waals surface area contributed by atoms with Crippen LogP contribution in [0.3, 0.4) is 0 Å². The van der Waals surface area contributed by atoms with E-state index in [4.69, 9.17) is 21.9 Å². The summed E-state index contributed by atoms with van der Waals surface area (Å²) in [6.45, 7) is 0. The molecule has 0 heterocycles. The molecule has 0 fully saturated rings. The lowest BCUT2D eigenvalue weighted by atomic mass is 10.1. The average Bonchev–Trinajstić information content (AvgIpc) is 2.31. The van der Waals surface area contributed by atoms with Crippen molar-refractivity contribution in [2.24, 2.45) is 0 Å². The highest BCUT2D eigenvalue weighted by molar-refractivity contribution is 6.41. The molecule has 0 unspecified atom stereocenters. The van der Waals surface area contributed by atoms with E-state index < -0.39 is 5.97 Å². The van der Waals surface area contributed by atoms with Crippen molar-refractivity contribution in [2.45, 2.75) is 0 Å². The zero-order valence-electron chi connectivity index (χ0n) is 8.73. The Bertz CT molecular complexity index is 467. The molecular weight excluding hydrogens is 232 g/mol. The van der Waals surface area contributed by atoms with Gasteiger partial charge in [0.25, 0.3) is 0 Å². The Morgan fingerprint density at radius 2 is 2.12 bits per heavy atom. The molecule has 0 saturated heterocycles. The minimum absolute atomic E-state index is 0.240. The number of hydrogen-bond donors (Lipinski definition) is 0. The van der Waals surface area contributed by atoms with Gasteiger partial charge in [-0.25, -0.2) is 4.79 Å². The second-order valence-electron chi connectivity index (χ2n) is 2.78. The van der Waals surface area contributed by atoms with Crippen LogP contribution in [0.15, 0.2) is 18.2 Å². The first-order chi connectivity index (χ1) is 7.63. The molecule has 0 aromatic heterocycles. The van der Waals surface area contributed by atoms with E-state index in [1.54, 1.807) is 6.07 Å². The Labute approximate surface area is 97.2 Å². The predicted molar refractivity (Wildman–Crippen MR) is 57.7 cm³/mol. The largest absolute Gasteiger partial charge is 0.496 e. The van der Waals surface area contributed by atoms with Crippen molar-refractivity contribution >= 4 is 23.3 Å². The van der Waals surface area contributed by atoms with Gasteiger partial charge >= 0.3 is 11.7 Å². The summed E-state index contributed by atoms with van der Waals surface area (Å²) >= 11 is 5.76. The van der Waals surface area contributed by atoms with Crippen LogP contribution in [0.25, 0.3) is 5.53 Å². The first-order valence-electron chi connectivity index (χ1n) is 4.28. The number of methoxy groups -OCH3 is 2. The molecule has 0 radical (unpaired) electrons. The monoisotopic (exact) mass is 240 g/mol. The van der Waals surface area contributed by atoms with Crippen molar-refractivity contribution in [3.8, 4) is 5.75 Å². The van der Waals surface area contributed by atoms with Gasteiger partial charge < -0.3 is 15.0 Å². The van der Waals surface area contributed by atoms with Crippen LogP contribution >= 0.6 is 11.6 Å². The molecule has 0 aliphatic heterocycles. The lowest BCUT2D eigenvalue weighted by Crippen LogP contribution is -2.19. The molecule has 0 atom stereocenters. The van der Waals surface area contributed by atoms with Crippen LogP contribution in [0.5, 0.6) is 5.75 Å². The third-order valence-electron chi connectivity index (χ3n) is 1.90. The fourth-order valence-corrected chi connectivity index (χ4v) is 1.32. The maximum absolute atomic E-state index is 11.3. The van der Waals surface area contributed by atoms with Crippen molar-refractivity contribution in [1.82, 2.24) is 0 Å². The second-order valence-corrected chi connectivity index (χ2v) is 3.22. The van der Waals surface area contributed by atoms with Gasteiger partial charge in [-0.05, 0) is 18.2 Å². The fourth-order valence-electron chi connectivity index (χ4n) is 1.16. The van der Waals surface area contributed by atoms with E-state index in [0.29, 0.717) is 16.3 Å². The molecule has 0 bridgehead atoms. The van der Waals surface area contributed by atoms with Gasteiger partial charge in [0.15, 0.2) is 0 Å². The lowest BCUT2D eigenvalue weighted by Gasteiger charge is -2.04. The maximum atomic E-state index is 11.3. The third kappa shape index (κ3) is 2.39. The fraction of sp³-hybridized carbons (Fsp3) is 0.200. The van der Waals surface area contributed by atoms with Gasteiger partial charge in [-0.1, -0.05) is 11.6 Å². The van der Waals surface area contributed by atoms with Gasteiger partial charge in [0.05, 0.1) is 14.2 Å². The zero-order chi connectivity index (χ0) is 12.1. The van der Waals surface area contributed by atoms with Gasteiger partial charge in [-0.2, -0.15) is 4.79 Å². The Morgan fingerprint density at radius 1 is 1.44 bits per heavy atom.